The number of aryl methyl sites for hydroxylation is 1. The van der Waals surface area contributed by atoms with Gasteiger partial charge in [0.15, 0.2) is 0 Å². The number of carbonyl (C=O) groups is 1. The highest BCUT2D eigenvalue weighted by atomic mass is 32.2. The Morgan fingerprint density at radius 2 is 1.77 bits per heavy atom. The molecule has 1 amide bonds. The van der Waals surface area contributed by atoms with Crippen LogP contribution in [-0.4, -0.2) is 49.2 Å². The molecule has 1 saturated carbocycles. The molecule has 1 aromatic carbocycles. The van der Waals surface area contributed by atoms with Crippen molar-refractivity contribution in [3.63, 3.8) is 0 Å². The summed E-state index contributed by atoms with van der Waals surface area (Å²) in [5, 5.41) is 0. The first-order chi connectivity index (χ1) is 12.4. The molecule has 5 nitrogen and oxygen atoms in total. The maximum atomic E-state index is 13.2. The van der Waals surface area contributed by atoms with Gasteiger partial charge >= 0.3 is 0 Å². The van der Waals surface area contributed by atoms with Crippen molar-refractivity contribution >= 4 is 15.9 Å². The second kappa shape index (κ2) is 8.09. The van der Waals surface area contributed by atoms with E-state index in [4.69, 9.17) is 0 Å². The van der Waals surface area contributed by atoms with Crippen LogP contribution in [0.15, 0.2) is 23.1 Å². The predicted molar refractivity (Wildman–Crippen MR) is 103 cm³/mol. The first-order valence-electron chi connectivity index (χ1n) is 9.87. The van der Waals surface area contributed by atoms with E-state index in [1.807, 2.05) is 18.7 Å². The van der Waals surface area contributed by atoms with Crippen LogP contribution in [0.5, 0.6) is 0 Å². The van der Waals surface area contributed by atoms with Gasteiger partial charge in [0, 0.05) is 31.2 Å². The Balaban J connectivity index is 1.90. The van der Waals surface area contributed by atoms with Crippen molar-refractivity contribution in [1.29, 1.82) is 0 Å². The lowest BCUT2D eigenvalue weighted by Crippen LogP contribution is -2.39. The Bertz CT molecular complexity index is 748. The van der Waals surface area contributed by atoms with E-state index in [1.54, 1.807) is 22.5 Å². The quantitative estimate of drug-likeness (QED) is 0.787. The zero-order valence-corrected chi connectivity index (χ0v) is 16.7. The second-order valence-corrected chi connectivity index (χ2v) is 9.41. The third-order valence-electron chi connectivity index (χ3n) is 5.76. The number of hydrogen-bond donors (Lipinski definition) is 0. The maximum absolute atomic E-state index is 13.2. The van der Waals surface area contributed by atoms with Gasteiger partial charge in [0.25, 0.3) is 5.91 Å². The summed E-state index contributed by atoms with van der Waals surface area (Å²) in [5.74, 6) is -0.0346. The molecule has 26 heavy (non-hydrogen) atoms. The number of benzene rings is 1. The highest BCUT2D eigenvalue weighted by molar-refractivity contribution is 7.89. The van der Waals surface area contributed by atoms with Crippen LogP contribution in [0.1, 0.15) is 67.8 Å². The zero-order valence-electron chi connectivity index (χ0n) is 15.9. The molecule has 1 heterocycles. The Kier molecular flexibility index (Phi) is 6.03. The summed E-state index contributed by atoms with van der Waals surface area (Å²) in [6.07, 6.45) is 7.31. The summed E-state index contributed by atoms with van der Waals surface area (Å²) in [6, 6.07) is 5.29. The average Bonchev–Trinajstić information content (AvgIpc) is 3.17. The third-order valence-corrected chi connectivity index (χ3v) is 7.65. The summed E-state index contributed by atoms with van der Waals surface area (Å²) in [5.41, 5.74) is 1.36. The molecule has 1 saturated heterocycles. The van der Waals surface area contributed by atoms with Crippen molar-refractivity contribution in [3.05, 3.63) is 29.3 Å². The van der Waals surface area contributed by atoms with Gasteiger partial charge in [0.05, 0.1) is 4.90 Å². The van der Waals surface area contributed by atoms with E-state index in [0.29, 0.717) is 25.2 Å². The van der Waals surface area contributed by atoms with Gasteiger partial charge in [-0.15, -0.1) is 0 Å². The van der Waals surface area contributed by atoms with Crippen molar-refractivity contribution in [1.82, 2.24) is 9.21 Å². The van der Waals surface area contributed by atoms with E-state index >= 15 is 0 Å². The fourth-order valence-electron chi connectivity index (χ4n) is 4.18. The van der Waals surface area contributed by atoms with Gasteiger partial charge in [-0.05, 0) is 57.2 Å². The maximum Gasteiger partial charge on any atom is 0.254 e. The summed E-state index contributed by atoms with van der Waals surface area (Å²) < 4.78 is 27.5. The minimum Gasteiger partial charge on any atom is -0.336 e. The molecule has 0 spiro atoms. The molecule has 1 aromatic rings. The molecular weight excluding hydrogens is 348 g/mol. The Morgan fingerprint density at radius 3 is 2.38 bits per heavy atom. The predicted octanol–water partition coefficient (Wildman–Crippen LogP) is 3.57. The van der Waals surface area contributed by atoms with Crippen LogP contribution >= 0.6 is 0 Å². The fourth-order valence-corrected chi connectivity index (χ4v) is 5.73. The van der Waals surface area contributed by atoms with Gasteiger partial charge in [0.2, 0.25) is 10.0 Å². The minimum absolute atomic E-state index is 0.0346. The van der Waals surface area contributed by atoms with E-state index < -0.39 is 10.0 Å². The van der Waals surface area contributed by atoms with E-state index in [9.17, 15) is 13.2 Å². The molecule has 0 aromatic heterocycles. The summed E-state index contributed by atoms with van der Waals surface area (Å²) in [7, 11) is -3.52. The monoisotopic (exact) mass is 378 g/mol. The number of amides is 1. The van der Waals surface area contributed by atoms with Gasteiger partial charge < -0.3 is 4.90 Å². The molecule has 0 atom stereocenters. The molecule has 1 aliphatic carbocycles. The highest BCUT2D eigenvalue weighted by Gasteiger charge is 2.30. The lowest BCUT2D eigenvalue weighted by molar-refractivity contribution is 0.0692. The van der Waals surface area contributed by atoms with Crippen molar-refractivity contribution in [2.75, 3.05) is 19.6 Å². The molecule has 0 unspecified atom stereocenters. The zero-order chi connectivity index (χ0) is 18.7. The van der Waals surface area contributed by atoms with Gasteiger partial charge in [-0.25, -0.2) is 8.42 Å². The molecule has 0 N–H and O–H groups in total. The Hall–Kier alpha value is -1.40. The molecule has 144 valence electrons. The number of carbonyl (C=O) groups excluding carboxylic acids is 1. The van der Waals surface area contributed by atoms with Crippen molar-refractivity contribution < 1.29 is 13.2 Å². The van der Waals surface area contributed by atoms with Crippen LogP contribution in [0.25, 0.3) is 0 Å². The van der Waals surface area contributed by atoms with Crippen LogP contribution in [0.2, 0.25) is 0 Å². The summed E-state index contributed by atoms with van der Waals surface area (Å²) >= 11 is 0. The lowest BCUT2D eigenvalue weighted by Gasteiger charge is -2.29. The minimum atomic E-state index is -3.52. The molecule has 6 heteroatoms. The van der Waals surface area contributed by atoms with Gasteiger partial charge in [0.1, 0.15) is 0 Å². The average molecular weight is 379 g/mol. The smallest absolute Gasteiger partial charge is 0.254 e. The van der Waals surface area contributed by atoms with Crippen molar-refractivity contribution in [2.24, 2.45) is 0 Å². The van der Waals surface area contributed by atoms with Gasteiger partial charge in [-0.1, -0.05) is 25.3 Å². The lowest BCUT2D eigenvalue weighted by atomic mass is 10.1. The summed E-state index contributed by atoms with van der Waals surface area (Å²) in [6.45, 7) is 5.68. The van der Waals surface area contributed by atoms with Crippen LogP contribution < -0.4 is 0 Å². The SMILES string of the molecule is CCN(C(=O)c1cc(S(=O)(=O)N2CCCCC2)ccc1C)C1CCCC1. The third kappa shape index (κ3) is 3.81. The van der Waals surface area contributed by atoms with Crippen molar-refractivity contribution in [3.8, 4) is 0 Å². The second-order valence-electron chi connectivity index (χ2n) is 7.47. The van der Waals surface area contributed by atoms with E-state index in [0.717, 1.165) is 50.5 Å². The van der Waals surface area contributed by atoms with Crippen LogP contribution in [0.3, 0.4) is 0 Å². The number of rotatable bonds is 5. The van der Waals surface area contributed by atoms with Crippen LogP contribution in [0.4, 0.5) is 0 Å². The van der Waals surface area contributed by atoms with Crippen LogP contribution in [0, 0.1) is 6.92 Å². The van der Waals surface area contributed by atoms with E-state index in [1.165, 1.54) is 0 Å². The largest absolute Gasteiger partial charge is 0.336 e. The molecule has 0 radical (unpaired) electrons. The number of hydrogen-bond acceptors (Lipinski definition) is 3. The molecule has 2 fully saturated rings. The van der Waals surface area contributed by atoms with E-state index in [-0.39, 0.29) is 16.8 Å². The Morgan fingerprint density at radius 1 is 1.12 bits per heavy atom. The Labute approximate surface area is 157 Å². The molecule has 0 bridgehead atoms. The molecule has 1 aliphatic heterocycles. The van der Waals surface area contributed by atoms with Crippen molar-refractivity contribution in [2.45, 2.75) is 69.7 Å². The standard InChI is InChI=1S/C20H30N2O3S/c1-3-22(17-9-5-6-10-17)20(23)19-15-18(12-11-16(19)2)26(24,25)21-13-7-4-8-14-21/h11-12,15,17H,3-10,13-14H2,1-2H3. The first-order valence-corrected chi connectivity index (χ1v) is 11.3. The molecule has 3 rings (SSSR count). The molecule has 2 aliphatic rings. The number of piperidine rings is 1. The van der Waals surface area contributed by atoms with Gasteiger partial charge in [-0.2, -0.15) is 4.31 Å². The molecular formula is C20H30N2O3S. The summed E-state index contributed by atoms with van der Waals surface area (Å²) in [4.78, 5) is 15.3. The number of sulfonamides is 1. The number of nitrogens with zero attached hydrogens (tertiary/aromatic N) is 2. The fraction of sp³-hybridized carbons (Fsp3) is 0.650. The normalized spacial score (nSPS) is 19.6. The van der Waals surface area contributed by atoms with Gasteiger partial charge in [-0.3, -0.25) is 4.79 Å². The van der Waals surface area contributed by atoms with E-state index in [2.05, 4.69) is 0 Å². The first kappa shape index (κ1) is 19.4. The highest BCUT2D eigenvalue weighted by Crippen LogP contribution is 2.27. The topological polar surface area (TPSA) is 57.7 Å². The van der Waals surface area contributed by atoms with Crippen LogP contribution in [-0.2, 0) is 10.0 Å².